The normalized spacial score (nSPS) is 13.2. The number of rotatable bonds is 6. The molecule has 0 atom stereocenters. The standard InChI is InChI=1S/C14H23N3O3S/c1-14(2,3)8-9-21(19,20)17-12-6-4-11(5-7-12)10-13(15)16-18/h4-7,17-18H,8-10H2,1-3H3,(H2,15,16). The monoisotopic (exact) mass is 313 g/mol. The van der Waals surface area contributed by atoms with Gasteiger partial charge in [0.15, 0.2) is 0 Å². The van der Waals surface area contributed by atoms with E-state index in [0.717, 1.165) is 5.56 Å². The van der Waals surface area contributed by atoms with Crippen LogP contribution in [0.1, 0.15) is 32.8 Å². The zero-order chi connectivity index (χ0) is 16.1. The van der Waals surface area contributed by atoms with Gasteiger partial charge in [-0.2, -0.15) is 0 Å². The number of hydrogen-bond acceptors (Lipinski definition) is 4. The molecule has 6 nitrogen and oxygen atoms in total. The Kier molecular flexibility index (Phi) is 5.60. The molecule has 0 aliphatic heterocycles. The first-order valence-corrected chi connectivity index (χ1v) is 8.32. The van der Waals surface area contributed by atoms with Crippen LogP contribution in [0.4, 0.5) is 5.69 Å². The highest BCUT2D eigenvalue weighted by molar-refractivity contribution is 7.92. The minimum atomic E-state index is -3.35. The average Bonchev–Trinajstić information content (AvgIpc) is 2.38. The van der Waals surface area contributed by atoms with E-state index in [1.54, 1.807) is 24.3 Å². The molecule has 0 amide bonds. The summed E-state index contributed by atoms with van der Waals surface area (Å²) in [4.78, 5) is 0. The summed E-state index contributed by atoms with van der Waals surface area (Å²) in [7, 11) is -3.35. The van der Waals surface area contributed by atoms with E-state index in [4.69, 9.17) is 10.9 Å². The molecule has 118 valence electrons. The van der Waals surface area contributed by atoms with Crippen LogP contribution in [0.15, 0.2) is 29.4 Å². The van der Waals surface area contributed by atoms with Gasteiger partial charge in [0.05, 0.1) is 5.75 Å². The van der Waals surface area contributed by atoms with Crippen LogP contribution in [0.25, 0.3) is 0 Å². The van der Waals surface area contributed by atoms with E-state index in [9.17, 15) is 8.42 Å². The van der Waals surface area contributed by atoms with Gasteiger partial charge in [0.2, 0.25) is 10.0 Å². The second-order valence-corrected chi connectivity index (χ2v) is 8.04. The van der Waals surface area contributed by atoms with Gasteiger partial charge < -0.3 is 10.9 Å². The van der Waals surface area contributed by atoms with Crippen LogP contribution in [0.3, 0.4) is 0 Å². The molecule has 21 heavy (non-hydrogen) atoms. The number of oxime groups is 1. The van der Waals surface area contributed by atoms with E-state index in [1.165, 1.54) is 0 Å². The van der Waals surface area contributed by atoms with Crippen LogP contribution in [0, 0.1) is 5.41 Å². The predicted molar refractivity (Wildman–Crippen MR) is 85.0 cm³/mol. The Morgan fingerprint density at radius 3 is 2.33 bits per heavy atom. The van der Waals surface area contributed by atoms with Crippen molar-refractivity contribution < 1.29 is 13.6 Å². The number of sulfonamides is 1. The van der Waals surface area contributed by atoms with E-state index < -0.39 is 10.0 Å². The minimum absolute atomic E-state index is 0.0280. The summed E-state index contributed by atoms with van der Waals surface area (Å²) in [6.45, 7) is 6.01. The lowest BCUT2D eigenvalue weighted by Gasteiger charge is -2.18. The number of hydrogen-bond donors (Lipinski definition) is 3. The lowest BCUT2D eigenvalue weighted by Crippen LogP contribution is -2.21. The molecule has 0 saturated heterocycles. The fourth-order valence-corrected chi connectivity index (χ4v) is 3.08. The lowest BCUT2D eigenvalue weighted by molar-refractivity contribution is 0.317. The molecule has 0 saturated carbocycles. The van der Waals surface area contributed by atoms with Crippen molar-refractivity contribution in [2.45, 2.75) is 33.6 Å². The van der Waals surface area contributed by atoms with Crippen LogP contribution in [-0.4, -0.2) is 25.2 Å². The quantitative estimate of drug-likeness (QED) is 0.324. The molecule has 4 N–H and O–H groups in total. The summed E-state index contributed by atoms with van der Waals surface area (Å²) < 4.78 is 26.5. The number of benzene rings is 1. The number of nitrogens with one attached hydrogen (secondary N) is 1. The van der Waals surface area contributed by atoms with Crippen molar-refractivity contribution in [3.63, 3.8) is 0 Å². The van der Waals surface area contributed by atoms with Gasteiger partial charge in [-0.1, -0.05) is 38.1 Å². The summed E-state index contributed by atoms with van der Waals surface area (Å²) >= 11 is 0. The van der Waals surface area contributed by atoms with E-state index >= 15 is 0 Å². The van der Waals surface area contributed by atoms with Gasteiger partial charge in [0, 0.05) is 12.1 Å². The Morgan fingerprint density at radius 1 is 1.29 bits per heavy atom. The molecule has 1 aromatic carbocycles. The van der Waals surface area contributed by atoms with E-state index in [1.807, 2.05) is 20.8 Å². The smallest absolute Gasteiger partial charge is 0.232 e. The summed E-state index contributed by atoms with van der Waals surface area (Å²) in [5.74, 6) is 0.191. The van der Waals surface area contributed by atoms with E-state index in [0.29, 0.717) is 18.5 Å². The molecule has 0 aliphatic carbocycles. The highest BCUT2D eigenvalue weighted by Crippen LogP contribution is 2.20. The minimum Gasteiger partial charge on any atom is -0.409 e. The number of amidine groups is 1. The van der Waals surface area contributed by atoms with Gasteiger partial charge in [-0.3, -0.25) is 4.72 Å². The molecule has 0 spiro atoms. The SMILES string of the molecule is CC(C)(C)CCS(=O)(=O)Nc1ccc(C/C(N)=N/O)cc1. The summed E-state index contributed by atoms with van der Waals surface area (Å²) in [6.07, 6.45) is 0.900. The molecule has 0 unspecified atom stereocenters. The van der Waals surface area contributed by atoms with Crippen molar-refractivity contribution in [2.75, 3.05) is 10.5 Å². The highest BCUT2D eigenvalue weighted by Gasteiger charge is 2.17. The summed E-state index contributed by atoms with van der Waals surface area (Å²) in [6, 6.07) is 6.79. The van der Waals surface area contributed by atoms with Crippen LogP contribution in [0.5, 0.6) is 0 Å². The molecule has 7 heteroatoms. The summed E-state index contributed by atoms with van der Waals surface area (Å²) in [5.41, 5.74) is 6.73. The first kappa shape index (κ1) is 17.3. The topological polar surface area (TPSA) is 105 Å². The molecule has 0 radical (unpaired) electrons. The molecule has 0 heterocycles. The molecule has 1 aromatic rings. The van der Waals surface area contributed by atoms with E-state index in [2.05, 4.69) is 9.88 Å². The first-order valence-electron chi connectivity index (χ1n) is 6.67. The lowest BCUT2D eigenvalue weighted by atomic mass is 9.94. The number of nitrogens with two attached hydrogens (primary N) is 1. The van der Waals surface area contributed by atoms with Crippen molar-refractivity contribution in [3.8, 4) is 0 Å². The summed E-state index contributed by atoms with van der Waals surface area (Å²) in [5, 5.41) is 11.4. The zero-order valence-corrected chi connectivity index (χ0v) is 13.4. The molecule has 0 bridgehead atoms. The third-order valence-electron chi connectivity index (χ3n) is 2.86. The number of anilines is 1. The molecule has 0 fully saturated rings. The van der Waals surface area contributed by atoms with Crippen molar-refractivity contribution in [3.05, 3.63) is 29.8 Å². The predicted octanol–water partition coefficient (Wildman–Crippen LogP) is 2.15. The van der Waals surface area contributed by atoms with Gasteiger partial charge in [0.25, 0.3) is 0 Å². The Balaban J connectivity index is 2.67. The molecular formula is C14H23N3O3S. The van der Waals surface area contributed by atoms with Crippen molar-refractivity contribution in [2.24, 2.45) is 16.3 Å². The van der Waals surface area contributed by atoms with Gasteiger partial charge in [-0.25, -0.2) is 8.42 Å². The third-order valence-corrected chi connectivity index (χ3v) is 4.15. The maximum Gasteiger partial charge on any atom is 0.232 e. The van der Waals surface area contributed by atoms with E-state index in [-0.39, 0.29) is 17.0 Å². The Bertz CT molecular complexity index is 587. The maximum absolute atomic E-state index is 12.0. The van der Waals surface area contributed by atoms with Gasteiger partial charge in [-0.15, -0.1) is 0 Å². The Hall–Kier alpha value is -1.76. The van der Waals surface area contributed by atoms with Crippen molar-refractivity contribution >= 4 is 21.5 Å². The van der Waals surface area contributed by atoms with Crippen LogP contribution >= 0.6 is 0 Å². The molecule has 0 aliphatic rings. The second-order valence-electron chi connectivity index (χ2n) is 6.20. The van der Waals surface area contributed by atoms with Crippen molar-refractivity contribution in [1.29, 1.82) is 0 Å². The van der Waals surface area contributed by atoms with Crippen LogP contribution in [0.2, 0.25) is 0 Å². The first-order chi connectivity index (χ1) is 9.61. The zero-order valence-electron chi connectivity index (χ0n) is 12.6. The van der Waals surface area contributed by atoms with Gasteiger partial charge in [-0.05, 0) is 29.5 Å². The molecule has 1 rings (SSSR count). The second kappa shape index (κ2) is 6.80. The highest BCUT2D eigenvalue weighted by atomic mass is 32.2. The fraction of sp³-hybridized carbons (Fsp3) is 0.500. The Morgan fingerprint density at radius 2 is 1.86 bits per heavy atom. The van der Waals surface area contributed by atoms with Gasteiger partial charge >= 0.3 is 0 Å². The van der Waals surface area contributed by atoms with Crippen LogP contribution in [-0.2, 0) is 16.4 Å². The third kappa shape index (κ3) is 6.99. The largest absolute Gasteiger partial charge is 0.409 e. The molecule has 0 aromatic heterocycles. The fourth-order valence-electron chi connectivity index (χ4n) is 1.61. The van der Waals surface area contributed by atoms with Crippen molar-refractivity contribution in [1.82, 2.24) is 0 Å². The Labute approximate surface area is 126 Å². The average molecular weight is 313 g/mol. The molecular weight excluding hydrogens is 290 g/mol. The number of nitrogens with zero attached hydrogens (tertiary/aromatic N) is 1. The van der Waals surface area contributed by atoms with Gasteiger partial charge in [0.1, 0.15) is 5.84 Å². The maximum atomic E-state index is 12.0. The van der Waals surface area contributed by atoms with Crippen LogP contribution < -0.4 is 10.5 Å².